The highest BCUT2D eigenvalue weighted by Gasteiger charge is 2.31. The van der Waals surface area contributed by atoms with Gasteiger partial charge in [0.2, 0.25) is 0 Å². The van der Waals surface area contributed by atoms with Gasteiger partial charge in [-0.2, -0.15) is 0 Å². The summed E-state index contributed by atoms with van der Waals surface area (Å²) in [5.74, 6) is 1.71. The van der Waals surface area contributed by atoms with Gasteiger partial charge in [0.1, 0.15) is 11.5 Å². The molecule has 12 aromatic rings. The quantitative estimate of drug-likeness (QED) is 0.0947. The van der Waals surface area contributed by atoms with Crippen molar-refractivity contribution < 1.29 is 4.74 Å². The maximum atomic E-state index is 5.96. The molecule has 0 aromatic heterocycles. The van der Waals surface area contributed by atoms with Crippen molar-refractivity contribution in [1.82, 2.24) is 0 Å². The molecule has 0 aliphatic carbocycles. The van der Waals surface area contributed by atoms with Gasteiger partial charge in [-0.1, -0.05) is 206 Å². The molecule has 0 radical (unpaired) electrons. The number of para-hydroxylation sites is 1. The first kappa shape index (κ1) is 67.7. The van der Waals surface area contributed by atoms with E-state index < -0.39 is 0 Å². The number of ether oxygens (including phenoxy) is 1. The molecule has 0 fully saturated rings. The van der Waals surface area contributed by atoms with Crippen LogP contribution in [0.1, 0.15) is 61.2 Å². The van der Waals surface area contributed by atoms with E-state index in [0.717, 1.165) is 11.5 Å². The van der Waals surface area contributed by atoms with Gasteiger partial charge in [-0.15, -0.1) is 0 Å². The largest absolute Gasteiger partial charge is 0.457 e. The maximum Gasteiger partial charge on any atom is 0.166 e. The summed E-state index contributed by atoms with van der Waals surface area (Å²) in [7, 11) is -0.335. The van der Waals surface area contributed by atoms with Gasteiger partial charge in [0.25, 0.3) is 0 Å². The van der Waals surface area contributed by atoms with Crippen molar-refractivity contribution in [2.75, 3.05) is 0 Å². The van der Waals surface area contributed by atoms with Crippen LogP contribution < -0.4 is 4.74 Å². The molecule has 0 atom stereocenters. The molecule has 6 heteroatoms. The molecule has 1 nitrogen and oxygen atoms in total. The third-order valence-corrected chi connectivity index (χ3v) is 22.7. The predicted molar refractivity (Wildman–Crippen MR) is 385 cm³/mol. The lowest BCUT2D eigenvalue weighted by Crippen LogP contribution is -2.05. The highest BCUT2D eigenvalue weighted by atomic mass is 32.2. The van der Waals surface area contributed by atoms with Gasteiger partial charge in [0.05, 0.1) is 32.7 Å². The molecule has 0 amide bonds. The summed E-state index contributed by atoms with van der Waals surface area (Å²) >= 11 is 3.62. The smallest absolute Gasteiger partial charge is 0.166 e. The van der Waals surface area contributed by atoms with Crippen LogP contribution in [0.4, 0.5) is 0 Å². The fourth-order valence-corrected chi connectivity index (χ4v) is 17.0. The summed E-state index contributed by atoms with van der Waals surface area (Å²) in [6.07, 6.45) is 0. The van der Waals surface area contributed by atoms with Gasteiger partial charge in [0.15, 0.2) is 44.1 Å². The second-order valence-corrected chi connectivity index (χ2v) is 29.3. The van der Waals surface area contributed by atoms with Crippen LogP contribution in [0.25, 0.3) is 0 Å². The van der Waals surface area contributed by atoms with E-state index in [-0.39, 0.29) is 55.0 Å². The molecule has 88 heavy (non-hydrogen) atoms. The first-order valence-corrected chi connectivity index (χ1v) is 33.9. The Morgan fingerprint density at radius 3 is 0.614 bits per heavy atom. The standard InChI is InChI=1S/C27H25S2.C26H23OS.C26H23S2.3CH4/c1-20-4-10-23(11-5-20)28-24-12-18-27(19-13-24)29(25-14-6-21(2)7-15-25)26-16-8-22(3)9-17-26;2*1-20-8-14-24(15-9-20)28(25-16-10-21(2)11-17-25)26-18-12-23(13-19-26)27-22-6-4-3-5-7-22;;;/h4-19H,1-3H3;2*3-19H,1-2H3;3*1H4/q3*+1;;;. The third-order valence-electron chi connectivity index (χ3n) is 13.9. The van der Waals surface area contributed by atoms with Gasteiger partial charge in [-0.3, -0.25) is 0 Å². The zero-order chi connectivity index (χ0) is 58.9. The van der Waals surface area contributed by atoms with Crippen LogP contribution >= 0.6 is 23.5 Å². The van der Waals surface area contributed by atoms with E-state index in [1.54, 1.807) is 11.8 Å². The molecule has 0 aliphatic rings. The van der Waals surface area contributed by atoms with Crippen LogP contribution in [0, 0.1) is 48.5 Å². The van der Waals surface area contributed by atoms with Crippen LogP contribution in [0.2, 0.25) is 0 Å². The Balaban J connectivity index is 0.000000185. The zero-order valence-electron chi connectivity index (χ0n) is 49.3. The lowest BCUT2D eigenvalue weighted by molar-refractivity contribution is 0.482. The second-order valence-electron chi connectivity index (χ2n) is 21.0. The van der Waals surface area contributed by atoms with E-state index in [2.05, 4.69) is 321 Å². The van der Waals surface area contributed by atoms with Crippen LogP contribution in [0.3, 0.4) is 0 Å². The van der Waals surface area contributed by atoms with Crippen molar-refractivity contribution in [3.05, 3.63) is 342 Å². The first-order valence-electron chi connectivity index (χ1n) is 28.6. The molecule has 0 aliphatic heterocycles. The monoisotopic (exact) mass is 1240 g/mol. The Labute approximate surface area is 544 Å². The Kier molecular flexibility index (Phi) is 25.8. The van der Waals surface area contributed by atoms with E-state index in [1.165, 1.54) is 103 Å². The lowest BCUT2D eigenvalue weighted by atomic mass is 10.2. The van der Waals surface area contributed by atoms with Crippen LogP contribution in [-0.4, -0.2) is 0 Å². The molecule has 0 heterocycles. The van der Waals surface area contributed by atoms with E-state index in [1.807, 2.05) is 42.1 Å². The highest BCUT2D eigenvalue weighted by Crippen LogP contribution is 2.38. The molecule has 0 bridgehead atoms. The molecule has 0 saturated carbocycles. The number of aryl methyl sites for hydroxylation is 7. The third kappa shape index (κ3) is 19.1. The first-order chi connectivity index (χ1) is 41.5. The van der Waals surface area contributed by atoms with E-state index >= 15 is 0 Å². The molecule has 0 unspecified atom stereocenters. The van der Waals surface area contributed by atoms with Gasteiger partial charge < -0.3 is 4.74 Å². The summed E-state index contributed by atoms with van der Waals surface area (Å²) in [4.78, 5) is 17.2. The molecule has 12 aromatic carbocycles. The van der Waals surface area contributed by atoms with E-state index in [0.29, 0.717) is 0 Å². The average molecular weight is 1240 g/mol. The number of hydrogen-bond donors (Lipinski definition) is 0. The van der Waals surface area contributed by atoms with Crippen molar-refractivity contribution in [3.63, 3.8) is 0 Å². The Morgan fingerprint density at radius 1 is 0.193 bits per heavy atom. The van der Waals surface area contributed by atoms with Crippen molar-refractivity contribution in [2.24, 2.45) is 0 Å². The van der Waals surface area contributed by atoms with Crippen LogP contribution in [0.15, 0.2) is 367 Å². The van der Waals surface area contributed by atoms with Gasteiger partial charge in [0, 0.05) is 19.6 Å². The molecular weight excluding hydrogens is 1160 g/mol. The van der Waals surface area contributed by atoms with Crippen LogP contribution in [0.5, 0.6) is 11.5 Å². The number of hydrogen-bond acceptors (Lipinski definition) is 3. The Hall–Kier alpha value is -7.81. The minimum atomic E-state index is -0.141. The average Bonchev–Trinajstić information content (AvgIpc) is 1.74. The molecule has 444 valence electrons. The summed E-state index contributed by atoms with van der Waals surface area (Å²) < 4.78 is 5.96. The predicted octanol–water partition coefficient (Wildman–Crippen LogP) is 24.5. The second kappa shape index (κ2) is 33.5. The van der Waals surface area contributed by atoms with Crippen molar-refractivity contribution in [1.29, 1.82) is 0 Å². The van der Waals surface area contributed by atoms with Crippen molar-refractivity contribution in [2.45, 2.75) is 134 Å². The fraction of sp³-hybridized carbons (Fsp3) is 0.122. The SMILES string of the molecule is C.C.C.Cc1ccc(Sc2ccc([S+](c3ccc(C)cc3)c3ccc(C)cc3)cc2)cc1.Cc1ccc([S+](c2ccc(C)cc2)c2ccc(Oc3ccccc3)cc2)cc1.Cc1ccc([S+](c2ccc(C)cc2)c2ccc(Sc3ccccc3)cc2)cc1. The molecular formula is C82H83OS5+3. The highest BCUT2D eigenvalue weighted by molar-refractivity contribution is 8.00. The molecule has 0 saturated heterocycles. The normalized spacial score (nSPS) is 10.6. The summed E-state index contributed by atoms with van der Waals surface area (Å²) in [5.41, 5.74) is 9.05. The Morgan fingerprint density at radius 2 is 0.364 bits per heavy atom. The molecule has 12 rings (SSSR count). The zero-order valence-corrected chi connectivity index (χ0v) is 53.4. The van der Waals surface area contributed by atoms with Gasteiger partial charge >= 0.3 is 0 Å². The lowest BCUT2D eigenvalue weighted by Gasteiger charge is -2.10. The topological polar surface area (TPSA) is 9.23 Å². The van der Waals surface area contributed by atoms with Gasteiger partial charge in [-0.05, 0) is 230 Å². The van der Waals surface area contributed by atoms with E-state index in [4.69, 9.17) is 4.74 Å². The minimum absolute atomic E-state index is 0. The summed E-state index contributed by atoms with van der Waals surface area (Å²) in [5, 5.41) is 0. The van der Waals surface area contributed by atoms with E-state index in [9.17, 15) is 0 Å². The Bertz CT molecular complexity index is 3640. The summed E-state index contributed by atoms with van der Waals surface area (Å²) in [6, 6.07) is 109. The van der Waals surface area contributed by atoms with Crippen molar-refractivity contribution >= 4 is 56.2 Å². The molecule has 0 spiro atoms. The van der Waals surface area contributed by atoms with Crippen molar-refractivity contribution in [3.8, 4) is 11.5 Å². The van der Waals surface area contributed by atoms with Gasteiger partial charge in [-0.25, -0.2) is 0 Å². The number of rotatable bonds is 15. The number of benzene rings is 12. The minimum Gasteiger partial charge on any atom is -0.457 e. The fourth-order valence-electron chi connectivity index (χ4n) is 9.19. The maximum absolute atomic E-state index is 5.96. The summed E-state index contributed by atoms with van der Waals surface area (Å²) in [6.45, 7) is 15.0. The molecule has 0 N–H and O–H groups in total. The van der Waals surface area contributed by atoms with Crippen LogP contribution in [-0.2, 0) is 32.7 Å².